The molecule has 0 atom stereocenters. The Hall–Kier alpha value is -3.38. The lowest BCUT2D eigenvalue weighted by Crippen LogP contribution is -2.27. The predicted octanol–water partition coefficient (Wildman–Crippen LogP) is 5.78. The molecule has 0 saturated heterocycles. The third-order valence-electron chi connectivity index (χ3n) is 5.36. The lowest BCUT2D eigenvalue weighted by molar-refractivity contribution is -0.118. The Kier molecular flexibility index (Phi) is 7.58. The first-order valence-electron chi connectivity index (χ1n) is 11.0. The fraction of sp³-hybridized carbons (Fsp3) is 0.222. The number of carbonyl (C=O) groups excluding carboxylic acids is 1. The summed E-state index contributed by atoms with van der Waals surface area (Å²) >= 11 is 1.25. The van der Waals surface area contributed by atoms with Crippen LogP contribution in [0.1, 0.15) is 34.6 Å². The van der Waals surface area contributed by atoms with Gasteiger partial charge in [0.25, 0.3) is 5.22 Å². The van der Waals surface area contributed by atoms with Crippen molar-refractivity contribution in [3.63, 3.8) is 0 Å². The van der Waals surface area contributed by atoms with Crippen LogP contribution in [0.4, 0.5) is 0 Å². The molecule has 33 heavy (non-hydrogen) atoms. The number of rotatable bonds is 9. The van der Waals surface area contributed by atoms with Gasteiger partial charge in [-0.15, -0.1) is 10.2 Å². The number of hydrogen-bond acceptors (Lipinski definition) is 5. The van der Waals surface area contributed by atoms with Crippen LogP contribution >= 0.6 is 11.8 Å². The first kappa shape index (κ1) is 22.8. The van der Waals surface area contributed by atoms with Crippen LogP contribution in [0, 0.1) is 13.8 Å². The molecule has 4 rings (SSSR count). The molecule has 0 saturated carbocycles. The Morgan fingerprint density at radius 3 is 2.12 bits per heavy atom. The predicted molar refractivity (Wildman–Crippen MR) is 132 cm³/mol. The van der Waals surface area contributed by atoms with Crippen molar-refractivity contribution in [1.29, 1.82) is 0 Å². The van der Waals surface area contributed by atoms with E-state index < -0.39 is 0 Å². The number of amides is 1. The summed E-state index contributed by atoms with van der Waals surface area (Å²) < 4.78 is 5.75. The van der Waals surface area contributed by atoms with Crippen molar-refractivity contribution in [2.24, 2.45) is 0 Å². The van der Waals surface area contributed by atoms with E-state index in [1.165, 1.54) is 22.9 Å². The molecule has 0 radical (unpaired) electrons. The van der Waals surface area contributed by atoms with Gasteiger partial charge >= 0.3 is 0 Å². The summed E-state index contributed by atoms with van der Waals surface area (Å²) in [6.45, 7) is 4.66. The minimum atomic E-state index is -0.0500. The highest BCUT2D eigenvalue weighted by atomic mass is 32.2. The molecule has 1 heterocycles. The Bertz CT molecular complexity index is 1130. The van der Waals surface area contributed by atoms with Crippen LogP contribution in [-0.4, -0.2) is 28.4 Å². The van der Waals surface area contributed by atoms with Gasteiger partial charge < -0.3 is 9.73 Å². The van der Waals surface area contributed by atoms with E-state index in [4.69, 9.17) is 4.42 Å². The van der Waals surface area contributed by atoms with E-state index in [-0.39, 0.29) is 17.6 Å². The molecule has 1 amide bonds. The van der Waals surface area contributed by atoms with Gasteiger partial charge in [-0.05, 0) is 43.5 Å². The van der Waals surface area contributed by atoms with Gasteiger partial charge in [0, 0.05) is 18.0 Å². The number of aromatic nitrogens is 2. The average molecular weight is 458 g/mol. The molecule has 6 heteroatoms. The second-order valence-corrected chi connectivity index (χ2v) is 8.98. The molecule has 0 fully saturated rings. The summed E-state index contributed by atoms with van der Waals surface area (Å²) in [5, 5.41) is 11.6. The number of carbonyl (C=O) groups is 1. The van der Waals surface area contributed by atoms with Crippen LogP contribution in [0.2, 0.25) is 0 Å². The molecular weight excluding hydrogens is 430 g/mol. The Morgan fingerprint density at radius 1 is 0.909 bits per heavy atom. The van der Waals surface area contributed by atoms with Gasteiger partial charge in [-0.25, -0.2) is 0 Å². The minimum absolute atomic E-state index is 0.0500. The topological polar surface area (TPSA) is 68.0 Å². The van der Waals surface area contributed by atoms with E-state index in [1.54, 1.807) is 0 Å². The maximum absolute atomic E-state index is 12.4. The van der Waals surface area contributed by atoms with Crippen molar-refractivity contribution in [3.8, 4) is 11.5 Å². The summed E-state index contributed by atoms with van der Waals surface area (Å²) in [6, 6.07) is 26.9. The van der Waals surface area contributed by atoms with Crippen molar-refractivity contribution in [2.75, 3.05) is 12.3 Å². The summed E-state index contributed by atoms with van der Waals surface area (Å²) in [7, 11) is 0. The monoisotopic (exact) mass is 457 g/mol. The Balaban J connectivity index is 1.30. The van der Waals surface area contributed by atoms with Crippen LogP contribution < -0.4 is 5.32 Å². The lowest BCUT2D eigenvalue weighted by Gasteiger charge is -2.18. The van der Waals surface area contributed by atoms with Gasteiger partial charge in [-0.1, -0.05) is 89.6 Å². The van der Waals surface area contributed by atoms with Gasteiger partial charge in [0.05, 0.1) is 5.75 Å². The van der Waals surface area contributed by atoms with E-state index in [1.807, 2.05) is 38.1 Å². The average Bonchev–Trinajstić information content (AvgIpc) is 3.30. The fourth-order valence-electron chi connectivity index (χ4n) is 3.91. The number of thioether (sulfide) groups is 1. The second kappa shape index (κ2) is 11.0. The van der Waals surface area contributed by atoms with E-state index in [0.29, 0.717) is 17.7 Å². The van der Waals surface area contributed by atoms with Gasteiger partial charge in [0.2, 0.25) is 11.8 Å². The van der Waals surface area contributed by atoms with Crippen molar-refractivity contribution < 1.29 is 9.21 Å². The molecule has 0 aliphatic rings. The van der Waals surface area contributed by atoms with Crippen molar-refractivity contribution in [2.45, 2.75) is 31.4 Å². The quantitative estimate of drug-likeness (QED) is 0.323. The van der Waals surface area contributed by atoms with E-state index >= 15 is 0 Å². The van der Waals surface area contributed by atoms with Crippen LogP contribution in [0.15, 0.2) is 88.5 Å². The molecule has 1 N–H and O–H groups in total. The molecule has 0 bridgehead atoms. The highest BCUT2D eigenvalue weighted by molar-refractivity contribution is 7.99. The number of benzene rings is 3. The Morgan fingerprint density at radius 2 is 1.52 bits per heavy atom. The van der Waals surface area contributed by atoms with Crippen LogP contribution in [0.3, 0.4) is 0 Å². The third-order valence-corrected chi connectivity index (χ3v) is 6.18. The first-order chi connectivity index (χ1) is 16.1. The molecule has 5 nitrogen and oxygen atoms in total. The minimum Gasteiger partial charge on any atom is -0.411 e. The molecule has 0 aliphatic heterocycles. The molecule has 3 aromatic carbocycles. The van der Waals surface area contributed by atoms with E-state index in [0.717, 1.165) is 23.1 Å². The lowest BCUT2D eigenvalue weighted by atomic mass is 9.88. The fourth-order valence-corrected chi connectivity index (χ4v) is 4.51. The maximum atomic E-state index is 12.4. The highest BCUT2D eigenvalue weighted by Gasteiger charge is 2.15. The molecule has 4 aromatic rings. The normalized spacial score (nSPS) is 11.0. The van der Waals surface area contributed by atoms with Crippen LogP contribution in [0.5, 0.6) is 0 Å². The van der Waals surface area contributed by atoms with Crippen molar-refractivity contribution >= 4 is 17.7 Å². The SMILES string of the molecule is Cc1cc(C)cc(-c2nnc(SCC(=O)NCCC(c3ccccc3)c3ccccc3)o2)c1. The largest absolute Gasteiger partial charge is 0.411 e. The molecule has 0 unspecified atom stereocenters. The smallest absolute Gasteiger partial charge is 0.277 e. The molecule has 1 aromatic heterocycles. The number of aryl methyl sites for hydroxylation is 2. The van der Waals surface area contributed by atoms with Gasteiger partial charge in [0.15, 0.2) is 0 Å². The Labute approximate surface area is 198 Å². The molecule has 0 aliphatic carbocycles. The summed E-state index contributed by atoms with van der Waals surface area (Å²) in [4.78, 5) is 12.4. The van der Waals surface area contributed by atoms with Crippen LogP contribution in [0.25, 0.3) is 11.5 Å². The summed E-state index contributed by atoms with van der Waals surface area (Å²) in [5.41, 5.74) is 5.67. The van der Waals surface area contributed by atoms with Crippen molar-refractivity contribution in [3.05, 3.63) is 101 Å². The summed E-state index contributed by atoms with van der Waals surface area (Å²) in [5.74, 6) is 0.886. The van der Waals surface area contributed by atoms with Crippen LogP contribution in [-0.2, 0) is 4.79 Å². The zero-order valence-corrected chi connectivity index (χ0v) is 19.6. The first-order valence-corrected chi connectivity index (χ1v) is 12.0. The van der Waals surface area contributed by atoms with Gasteiger partial charge in [-0.3, -0.25) is 4.79 Å². The summed E-state index contributed by atoms with van der Waals surface area (Å²) in [6.07, 6.45) is 0.821. The standard InChI is InChI=1S/C27H27N3O2S/c1-19-15-20(2)17-23(16-19)26-29-30-27(32-26)33-18-25(31)28-14-13-24(21-9-5-3-6-10-21)22-11-7-4-8-12-22/h3-12,15-17,24H,13-14,18H2,1-2H3,(H,28,31). The zero-order chi connectivity index (χ0) is 23.0. The number of nitrogens with zero attached hydrogens (tertiary/aromatic N) is 2. The number of hydrogen-bond donors (Lipinski definition) is 1. The number of nitrogens with one attached hydrogen (secondary N) is 1. The van der Waals surface area contributed by atoms with Gasteiger partial charge in [0.1, 0.15) is 0 Å². The van der Waals surface area contributed by atoms with Crippen molar-refractivity contribution in [1.82, 2.24) is 15.5 Å². The highest BCUT2D eigenvalue weighted by Crippen LogP contribution is 2.28. The maximum Gasteiger partial charge on any atom is 0.277 e. The molecule has 0 spiro atoms. The van der Waals surface area contributed by atoms with Gasteiger partial charge in [-0.2, -0.15) is 0 Å². The molecule has 168 valence electrons. The van der Waals surface area contributed by atoms with E-state index in [2.05, 4.69) is 70.1 Å². The second-order valence-electron chi connectivity index (χ2n) is 8.05. The zero-order valence-electron chi connectivity index (χ0n) is 18.8. The molecular formula is C27H27N3O2S. The van der Waals surface area contributed by atoms with E-state index in [9.17, 15) is 4.79 Å². The third kappa shape index (κ3) is 6.33.